The lowest BCUT2D eigenvalue weighted by molar-refractivity contribution is -0.122. The molecule has 2 aliphatic rings. The molecule has 25 heavy (non-hydrogen) atoms. The van der Waals surface area contributed by atoms with E-state index in [1.807, 2.05) is 4.90 Å². The fourth-order valence-electron chi connectivity index (χ4n) is 3.57. The molecule has 1 saturated heterocycles. The first-order chi connectivity index (χ1) is 12.1. The number of carbonyl (C=O) groups is 1. The summed E-state index contributed by atoms with van der Waals surface area (Å²) in [7, 11) is -3.37. The Balaban J connectivity index is 1.41. The third kappa shape index (κ3) is 5.03. The first-order valence-corrected chi connectivity index (χ1v) is 11.4. The van der Waals surface area contributed by atoms with Crippen molar-refractivity contribution in [1.82, 2.24) is 14.5 Å². The molecular formula is C17H27N3O3S2. The van der Waals surface area contributed by atoms with Crippen molar-refractivity contribution in [2.24, 2.45) is 5.92 Å². The van der Waals surface area contributed by atoms with Gasteiger partial charge < -0.3 is 5.32 Å². The third-order valence-electron chi connectivity index (χ3n) is 5.10. The molecule has 1 aliphatic heterocycles. The van der Waals surface area contributed by atoms with Gasteiger partial charge in [0.05, 0.1) is 6.54 Å². The zero-order chi connectivity index (χ0) is 17.7. The van der Waals surface area contributed by atoms with Crippen LogP contribution in [0.1, 0.15) is 32.1 Å². The van der Waals surface area contributed by atoms with Crippen LogP contribution in [0.3, 0.4) is 0 Å². The van der Waals surface area contributed by atoms with Crippen molar-refractivity contribution >= 4 is 27.3 Å². The zero-order valence-electron chi connectivity index (χ0n) is 14.5. The van der Waals surface area contributed by atoms with Crippen molar-refractivity contribution in [2.75, 3.05) is 39.3 Å². The van der Waals surface area contributed by atoms with Gasteiger partial charge in [-0.2, -0.15) is 4.31 Å². The number of nitrogens with zero attached hydrogens (tertiary/aromatic N) is 2. The molecule has 140 valence electrons. The molecule has 0 bridgehead atoms. The highest BCUT2D eigenvalue weighted by Crippen LogP contribution is 2.23. The summed E-state index contributed by atoms with van der Waals surface area (Å²) in [5, 5.41) is 4.83. The number of hydrogen-bond acceptors (Lipinski definition) is 5. The minimum absolute atomic E-state index is 0.0557. The van der Waals surface area contributed by atoms with E-state index in [1.165, 1.54) is 47.7 Å². The van der Waals surface area contributed by atoms with Crippen molar-refractivity contribution in [2.45, 2.75) is 36.3 Å². The Labute approximate surface area is 154 Å². The monoisotopic (exact) mass is 385 g/mol. The van der Waals surface area contributed by atoms with Crippen LogP contribution in [0, 0.1) is 5.92 Å². The molecule has 2 fully saturated rings. The predicted octanol–water partition coefficient (Wildman–Crippen LogP) is 1.75. The number of hydrogen-bond donors (Lipinski definition) is 1. The molecule has 1 aromatic rings. The second-order valence-corrected chi connectivity index (χ2v) is 10.0. The molecule has 0 unspecified atom stereocenters. The van der Waals surface area contributed by atoms with Crippen LogP contribution in [0.4, 0.5) is 0 Å². The Kier molecular flexibility index (Phi) is 6.49. The third-order valence-corrected chi connectivity index (χ3v) is 8.37. The van der Waals surface area contributed by atoms with E-state index >= 15 is 0 Å². The molecule has 1 aliphatic carbocycles. The van der Waals surface area contributed by atoms with Crippen LogP contribution in [-0.4, -0.2) is 62.8 Å². The summed E-state index contributed by atoms with van der Waals surface area (Å²) in [6, 6.07) is 3.40. The number of rotatable bonds is 6. The van der Waals surface area contributed by atoms with Crippen LogP contribution in [0.2, 0.25) is 0 Å². The maximum atomic E-state index is 12.5. The molecule has 0 radical (unpaired) electrons. The summed E-state index contributed by atoms with van der Waals surface area (Å²) < 4.78 is 26.9. The minimum atomic E-state index is -3.37. The lowest BCUT2D eigenvalue weighted by Gasteiger charge is -2.33. The number of sulfonamides is 1. The van der Waals surface area contributed by atoms with E-state index in [2.05, 4.69) is 5.32 Å². The predicted molar refractivity (Wildman–Crippen MR) is 99.1 cm³/mol. The number of carbonyl (C=O) groups excluding carboxylic acids is 1. The van der Waals surface area contributed by atoms with E-state index in [-0.39, 0.29) is 5.91 Å². The van der Waals surface area contributed by atoms with E-state index in [4.69, 9.17) is 0 Å². The van der Waals surface area contributed by atoms with Crippen molar-refractivity contribution in [3.05, 3.63) is 17.5 Å². The molecular weight excluding hydrogens is 358 g/mol. The number of thiophene rings is 1. The van der Waals surface area contributed by atoms with E-state index in [1.54, 1.807) is 17.5 Å². The van der Waals surface area contributed by atoms with Crippen molar-refractivity contribution in [1.29, 1.82) is 0 Å². The Morgan fingerprint density at radius 3 is 2.52 bits per heavy atom. The smallest absolute Gasteiger partial charge is 0.252 e. The summed E-state index contributed by atoms with van der Waals surface area (Å²) in [5.74, 6) is 0.686. The first kappa shape index (κ1) is 18.8. The van der Waals surface area contributed by atoms with E-state index in [0.29, 0.717) is 42.9 Å². The standard InChI is InChI=1S/C17H27N3O3S2/c21-16(18-13-15-5-2-1-3-6-15)14-19-8-10-20(11-9-19)25(22,23)17-7-4-12-24-17/h4,7,12,15H,1-3,5-6,8-11,13-14H2,(H,18,21). The summed E-state index contributed by atoms with van der Waals surface area (Å²) >= 11 is 1.25. The van der Waals surface area contributed by atoms with Crippen LogP contribution < -0.4 is 5.32 Å². The van der Waals surface area contributed by atoms with Gasteiger partial charge in [0.2, 0.25) is 5.91 Å². The van der Waals surface area contributed by atoms with Gasteiger partial charge in [0.15, 0.2) is 0 Å². The fourth-order valence-corrected chi connectivity index (χ4v) is 6.14. The van der Waals surface area contributed by atoms with Crippen LogP contribution >= 0.6 is 11.3 Å². The average Bonchev–Trinajstić information content (AvgIpc) is 3.17. The number of amides is 1. The van der Waals surface area contributed by atoms with E-state index in [9.17, 15) is 13.2 Å². The van der Waals surface area contributed by atoms with E-state index in [0.717, 1.165) is 6.54 Å². The highest BCUT2D eigenvalue weighted by atomic mass is 32.2. The van der Waals surface area contributed by atoms with Crippen LogP contribution in [-0.2, 0) is 14.8 Å². The van der Waals surface area contributed by atoms with Gasteiger partial charge in [-0.05, 0) is 30.2 Å². The molecule has 1 amide bonds. The Morgan fingerprint density at radius 2 is 1.88 bits per heavy atom. The van der Waals surface area contributed by atoms with Crippen molar-refractivity contribution in [3.8, 4) is 0 Å². The van der Waals surface area contributed by atoms with Gasteiger partial charge in [0, 0.05) is 32.7 Å². The first-order valence-electron chi connectivity index (χ1n) is 9.08. The average molecular weight is 386 g/mol. The normalized spacial score (nSPS) is 21.3. The Morgan fingerprint density at radius 1 is 1.16 bits per heavy atom. The highest BCUT2D eigenvalue weighted by molar-refractivity contribution is 7.91. The zero-order valence-corrected chi connectivity index (χ0v) is 16.2. The van der Waals surface area contributed by atoms with Gasteiger partial charge in [-0.1, -0.05) is 25.3 Å². The quantitative estimate of drug-likeness (QED) is 0.810. The SMILES string of the molecule is O=C(CN1CCN(S(=O)(=O)c2cccs2)CC1)NCC1CCCCC1. The Bertz CT molecular complexity index is 647. The fraction of sp³-hybridized carbons (Fsp3) is 0.706. The van der Waals surface area contributed by atoms with Gasteiger partial charge in [0.1, 0.15) is 4.21 Å². The molecule has 2 heterocycles. The summed E-state index contributed by atoms with van der Waals surface area (Å²) in [6.45, 7) is 3.22. The lowest BCUT2D eigenvalue weighted by atomic mass is 9.89. The largest absolute Gasteiger partial charge is 0.355 e. The lowest BCUT2D eigenvalue weighted by Crippen LogP contribution is -2.51. The highest BCUT2D eigenvalue weighted by Gasteiger charge is 2.29. The summed E-state index contributed by atoms with van der Waals surface area (Å²) in [5.41, 5.74) is 0. The second kappa shape index (κ2) is 8.62. The van der Waals surface area contributed by atoms with Crippen LogP contribution in [0.25, 0.3) is 0 Å². The Hall–Kier alpha value is -0.960. The summed E-state index contributed by atoms with van der Waals surface area (Å²) in [6.07, 6.45) is 6.32. The molecule has 0 atom stereocenters. The van der Waals surface area contributed by atoms with Crippen molar-refractivity contribution in [3.63, 3.8) is 0 Å². The molecule has 8 heteroatoms. The van der Waals surface area contributed by atoms with Gasteiger partial charge in [0.25, 0.3) is 10.0 Å². The van der Waals surface area contributed by atoms with Crippen molar-refractivity contribution < 1.29 is 13.2 Å². The molecule has 6 nitrogen and oxygen atoms in total. The van der Waals surface area contributed by atoms with E-state index < -0.39 is 10.0 Å². The molecule has 1 aromatic heterocycles. The maximum absolute atomic E-state index is 12.5. The van der Waals surface area contributed by atoms with Gasteiger partial charge in [-0.3, -0.25) is 9.69 Å². The van der Waals surface area contributed by atoms with Crippen LogP contribution in [0.5, 0.6) is 0 Å². The molecule has 1 N–H and O–H groups in total. The maximum Gasteiger partial charge on any atom is 0.252 e. The number of piperazine rings is 1. The molecule has 3 rings (SSSR count). The minimum Gasteiger partial charge on any atom is -0.355 e. The number of nitrogens with one attached hydrogen (secondary N) is 1. The molecule has 1 saturated carbocycles. The topological polar surface area (TPSA) is 69.7 Å². The molecule has 0 aromatic carbocycles. The van der Waals surface area contributed by atoms with Crippen LogP contribution in [0.15, 0.2) is 21.7 Å². The molecule has 0 spiro atoms. The summed E-state index contributed by atoms with van der Waals surface area (Å²) in [4.78, 5) is 14.2. The van der Waals surface area contributed by atoms with Gasteiger partial charge in [-0.25, -0.2) is 8.42 Å². The van der Waals surface area contributed by atoms with Gasteiger partial charge >= 0.3 is 0 Å². The second-order valence-electron chi connectivity index (χ2n) is 6.92. The van der Waals surface area contributed by atoms with Gasteiger partial charge in [-0.15, -0.1) is 11.3 Å².